The predicted molar refractivity (Wildman–Crippen MR) is 139 cm³/mol. The third kappa shape index (κ3) is 11.0. The van der Waals surface area contributed by atoms with Gasteiger partial charge in [-0.25, -0.2) is 0 Å². The summed E-state index contributed by atoms with van der Waals surface area (Å²) in [7, 11) is 1.36. The van der Waals surface area contributed by atoms with Crippen molar-refractivity contribution < 1.29 is 34.0 Å². The molecule has 0 aromatic heterocycles. The third-order valence-electron chi connectivity index (χ3n) is 7.59. The topological polar surface area (TPSA) is 102 Å². The lowest BCUT2D eigenvalue weighted by atomic mass is 9.82. The maximum Gasteiger partial charge on any atom is 0.309 e. The highest BCUT2D eigenvalue weighted by atomic mass is 16.7. The molecule has 2 N–H and O–H groups in total. The normalized spacial score (nSPS) is 25.0. The summed E-state index contributed by atoms with van der Waals surface area (Å²) in [5.41, 5.74) is 0.0389. The molecule has 0 aromatic rings. The van der Waals surface area contributed by atoms with Gasteiger partial charge in [0.15, 0.2) is 6.29 Å². The van der Waals surface area contributed by atoms with Crippen molar-refractivity contribution in [2.45, 2.75) is 110 Å². The van der Waals surface area contributed by atoms with Gasteiger partial charge in [-0.3, -0.25) is 9.59 Å². The molecule has 36 heavy (non-hydrogen) atoms. The number of carboxylic acid groups (broad SMARTS) is 1. The van der Waals surface area contributed by atoms with E-state index in [4.69, 9.17) is 9.47 Å². The maximum absolute atomic E-state index is 12.1. The van der Waals surface area contributed by atoms with Crippen LogP contribution in [0.15, 0.2) is 24.0 Å². The van der Waals surface area contributed by atoms with Gasteiger partial charge in [-0.15, -0.1) is 0 Å². The van der Waals surface area contributed by atoms with Crippen LogP contribution in [0.25, 0.3) is 0 Å². The fourth-order valence-corrected chi connectivity index (χ4v) is 5.20. The van der Waals surface area contributed by atoms with E-state index in [1.165, 1.54) is 7.11 Å². The molecule has 7 nitrogen and oxygen atoms in total. The molecule has 0 bridgehead atoms. The van der Waals surface area contributed by atoms with Crippen LogP contribution in [0.1, 0.15) is 97.8 Å². The Kier molecular flexibility index (Phi) is 13.0. The summed E-state index contributed by atoms with van der Waals surface area (Å²) in [4.78, 5) is 23.3. The summed E-state index contributed by atoms with van der Waals surface area (Å²) in [6.07, 6.45) is 14.9. The number of carbonyl (C=O) groups is 2. The SMILES string of the molecule is COC(=O)CC=CCC[C@H](C(=O)O)[C@@H]1CC[C@@H](/C(=C\CC(C)(C)CCC(C)O)OC2CCCCO2)C1. The number of aliphatic hydroxyl groups is 1. The van der Waals surface area contributed by atoms with Crippen molar-refractivity contribution in [1.29, 1.82) is 0 Å². The zero-order chi connectivity index (χ0) is 26.6. The zero-order valence-electron chi connectivity index (χ0n) is 22.7. The summed E-state index contributed by atoms with van der Waals surface area (Å²) in [6, 6.07) is 0. The van der Waals surface area contributed by atoms with Crippen LogP contribution in [0.3, 0.4) is 0 Å². The minimum atomic E-state index is -0.747. The second kappa shape index (κ2) is 15.4. The van der Waals surface area contributed by atoms with E-state index in [2.05, 4.69) is 24.7 Å². The molecule has 2 rings (SSSR count). The molecule has 5 atom stereocenters. The summed E-state index contributed by atoms with van der Waals surface area (Å²) in [5.74, 6) is -0.198. The lowest BCUT2D eigenvalue weighted by Gasteiger charge is -2.29. The standard InChI is InChI=1S/C29H48O7/c1-21(30)15-17-29(2,3)18-16-25(36-27-12-8-9-19-35-27)23-14-13-22(20-23)24(28(32)33)10-6-5-7-11-26(31)34-4/h5,7,16,21-24,27,30H,6,8-15,17-20H2,1-4H3,(H,32,33)/b7-5?,25-16+/t21?,22-,23-,24+,27?/m1/s1. The first-order valence-corrected chi connectivity index (χ1v) is 13.7. The molecule has 2 unspecified atom stereocenters. The van der Waals surface area contributed by atoms with E-state index in [-0.39, 0.29) is 42.0 Å². The highest BCUT2D eigenvalue weighted by Crippen LogP contribution is 2.43. The Bertz CT molecular complexity index is 734. The summed E-state index contributed by atoms with van der Waals surface area (Å²) >= 11 is 0. The lowest BCUT2D eigenvalue weighted by molar-refractivity contribution is -0.146. The first-order chi connectivity index (χ1) is 17.1. The van der Waals surface area contributed by atoms with Crippen LogP contribution >= 0.6 is 0 Å². The van der Waals surface area contributed by atoms with Gasteiger partial charge in [0, 0.05) is 12.3 Å². The highest BCUT2D eigenvalue weighted by Gasteiger charge is 2.37. The Morgan fingerprint density at radius 3 is 2.56 bits per heavy atom. The number of esters is 1. The molecule has 7 heteroatoms. The van der Waals surface area contributed by atoms with E-state index in [9.17, 15) is 19.8 Å². The van der Waals surface area contributed by atoms with E-state index in [0.29, 0.717) is 12.8 Å². The van der Waals surface area contributed by atoms with Crippen molar-refractivity contribution >= 4 is 11.9 Å². The van der Waals surface area contributed by atoms with Gasteiger partial charge in [-0.2, -0.15) is 0 Å². The van der Waals surface area contributed by atoms with Gasteiger partial charge in [0.25, 0.3) is 0 Å². The average molecular weight is 509 g/mol. The largest absolute Gasteiger partial charge is 0.481 e. The van der Waals surface area contributed by atoms with Crippen LogP contribution in [0, 0.1) is 23.2 Å². The van der Waals surface area contributed by atoms with E-state index >= 15 is 0 Å². The molecule has 0 spiro atoms. The summed E-state index contributed by atoms with van der Waals surface area (Å²) in [5, 5.41) is 19.6. The molecule has 1 heterocycles. The number of ether oxygens (including phenoxy) is 3. The number of rotatable bonds is 15. The first-order valence-electron chi connectivity index (χ1n) is 13.7. The summed E-state index contributed by atoms with van der Waals surface area (Å²) < 4.78 is 16.9. The minimum Gasteiger partial charge on any atom is -0.481 e. The third-order valence-corrected chi connectivity index (χ3v) is 7.59. The second-order valence-corrected chi connectivity index (χ2v) is 11.3. The number of allylic oxidation sites excluding steroid dienone is 3. The minimum absolute atomic E-state index is 0.0389. The molecule has 1 saturated carbocycles. The van der Waals surface area contributed by atoms with Crippen LogP contribution in [0.5, 0.6) is 0 Å². The number of hydrogen-bond donors (Lipinski definition) is 2. The van der Waals surface area contributed by atoms with Crippen molar-refractivity contribution in [2.24, 2.45) is 23.2 Å². The molecule has 2 aliphatic rings. The monoisotopic (exact) mass is 508 g/mol. The van der Waals surface area contributed by atoms with Gasteiger partial charge in [0.2, 0.25) is 0 Å². The van der Waals surface area contributed by atoms with Gasteiger partial charge in [0.05, 0.1) is 37.9 Å². The molecular weight excluding hydrogens is 460 g/mol. The number of methoxy groups -OCH3 is 1. The van der Waals surface area contributed by atoms with Crippen LogP contribution in [0.4, 0.5) is 0 Å². The summed E-state index contributed by atoms with van der Waals surface area (Å²) in [6.45, 7) is 6.97. The van der Waals surface area contributed by atoms with Gasteiger partial charge in [0.1, 0.15) is 0 Å². The first kappa shape index (κ1) is 30.4. The van der Waals surface area contributed by atoms with Gasteiger partial charge in [-0.1, -0.05) is 26.0 Å². The molecule has 1 aliphatic heterocycles. The molecule has 0 radical (unpaired) electrons. The van der Waals surface area contributed by atoms with Gasteiger partial charge >= 0.3 is 11.9 Å². The van der Waals surface area contributed by atoms with Gasteiger partial charge in [-0.05, 0) is 88.5 Å². The quantitative estimate of drug-likeness (QED) is 0.159. The Labute approximate surface area is 217 Å². The maximum atomic E-state index is 12.1. The Hall–Kier alpha value is -1.86. The Morgan fingerprint density at radius 1 is 1.14 bits per heavy atom. The smallest absolute Gasteiger partial charge is 0.309 e. The Morgan fingerprint density at radius 2 is 1.92 bits per heavy atom. The van der Waals surface area contributed by atoms with Crippen LogP contribution in [0.2, 0.25) is 0 Å². The van der Waals surface area contributed by atoms with Crippen molar-refractivity contribution in [3.63, 3.8) is 0 Å². The zero-order valence-corrected chi connectivity index (χ0v) is 22.7. The molecule has 1 saturated heterocycles. The molecule has 0 aromatic carbocycles. The fourth-order valence-electron chi connectivity index (χ4n) is 5.20. The highest BCUT2D eigenvalue weighted by molar-refractivity contribution is 5.71. The number of carboxylic acids is 1. The molecule has 2 fully saturated rings. The van der Waals surface area contributed by atoms with Crippen LogP contribution in [-0.4, -0.2) is 48.3 Å². The van der Waals surface area contributed by atoms with E-state index in [0.717, 1.165) is 70.2 Å². The molecular formula is C29H48O7. The van der Waals surface area contributed by atoms with Crippen LogP contribution < -0.4 is 0 Å². The van der Waals surface area contributed by atoms with Crippen LogP contribution in [-0.2, 0) is 23.8 Å². The van der Waals surface area contributed by atoms with Crippen molar-refractivity contribution in [3.05, 3.63) is 24.0 Å². The average Bonchev–Trinajstić information content (AvgIpc) is 3.32. The number of aliphatic carboxylic acids is 1. The number of carbonyl (C=O) groups excluding carboxylic acids is 1. The Balaban J connectivity index is 2.03. The fraction of sp³-hybridized carbons (Fsp3) is 0.793. The number of aliphatic hydroxyl groups excluding tert-OH is 1. The van der Waals surface area contributed by atoms with Crippen molar-refractivity contribution in [1.82, 2.24) is 0 Å². The lowest BCUT2D eigenvalue weighted by Crippen LogP contribution is -2.25. The number of hydrogen-bond acceptors (Lipinski definition) is 6. The van der Waals surface area contributed by atoms with Crippen molar-refractivity contribution in [2.75, 3.05) is 13.7 Å². The van der Waals surface area contributed by atoms with Gasteiger partial charge < -0.3 is 24.4 Å². The molecule has 1 aliphatic carbocycles. The van der Waals surface area contributed by atoms with E-state index in [1.54, 1.807) is 6.08 Å². The molecule has 0 amide bonds. The second-order valence-electron chi connectivity index (χ2n) is 11.3. The van der Waals surface area contributed by atoms with E-state index < -0.39 is 11.9 Å². The van der Waals surface area contributed by atoms with E-state index in [1.807, 2.05) is 13.0 Å². The van der Waals surface area contributed by atoms with Crippen molar-refractivity contribution in [3.8, 4) is 0 Å². The molecule has 206 valence electrons. The predicted octanol–water partition coefficient (Wildman–Crippen LogP) is 6.01.